The minimum absolute atomic E-state index is 0.809. The van der Waals surface area contributed by atoms with Gasteiger partial charge in [-0.2, -0.15) is 0 Å². The minimum atomic E-state index is 0.809. The van der Waals surface area contributed by atoms with Gasteiger partial charge in [-0.15, -0.1) is 0 Å². The van der Waals surface area contributed by atoms with E-state index in [-0.39, 0.29) is 0 Å². The van der Waals surface area contributed by atoms with Crippen LogP contribution in [0.3, 0.4) is 0 Å². The maximum Gasteiger partial charge on any atom is 0.150 e. The van der Waals surface area contributed by atoms with Gasteiger partial charge in [0.25, 0.3) is 0 Å². The molecule has 4 aromatic rings. The minimum Gasteiger partial charge on any atom is -0.370 e. The standard InChI is InChI=1S/C20H17BrN4/c1-2-22-19-18-17(14-6-4-3-5-7-14)12-25(20(18)24-13-23-19)16-10-8-15(21)9-11-16/h3-13H,2H2,1H3,(H,22,23,24). The highest BCUT2D eigenvalue weighted by Crippen LogP contribution is 2.35. The predicted octanol–water partition coefficient (Wildman–Crippen LogP) is 5.28. The van der Waals surface area contributed by atoms with Crippen molar-refractivity contribution in [1.29, 1.82) is 0 Å². The largest absolute Gasteiger partial charge is 0.370 e. The van der Waals surface area contributed by atoms with Crippen LogP contribution in [0.5, 0.6) is 0 Å². The molecule has 0 saturated carbocycles. The SMILES string of the molecule is CCNc1ncnc2c1c(-c1ccccc1)cn2-c1ccc(Br)cc1. The van der Waals surface area contributed by atoms with Crippen LogP contribution >= 0.6 is 15.9 Å². The van der Waals surface area contributed by atoms with Crippen LogP contribution in [0, 0.1) is 0 Å². The Hall–Kier alpha value is -2.66. The molecule has 4 rings (SSSR count). The Morgan fingerprint density at radius 2 is 1.76 bits per heavy atom. The van der Waals surface area contributed by atoms with Crippen molar-refractivity contribution in [2.75, 3.05) is 11.9 Å². The van der Waals surface area contributed by atoms with Crippen molar-refractivity contribution in [2.24, 2.45) is 0 Å². The number of rotatable bonds is 4. The van der Waals surface area contributed by atoms with Crippen LogP contribution in [0.2, 0.25) is 0 Å². The van der Waals surface area contributed by atoms with Gasteiger partial charge in [0.2, 0.25) is 0 Å². The number of hydrogen-bond donors (Lipinski definition) is 1. The molecule has 2 aromatic carbocycles. The van der Waals surface area contributed by atoms with E-state index in [1.165, 1.54) is 0 Å². The van der Waals surface area contributed by atoms with Crippen LogP contribution in [-0.2, 0) is 0 Å². The lowest BCUT2D eigenvalue weighted by Gasteiger charge is -2.07. The third-order valence-corrected chi connectivity index (χ3v) is 4.65. The Bertz CT molecular complexity index is 1010. The van der Waals surface area contributed by atoms with E-state index in [0.29, 0.717) is 0 Å². The van der Waals surface area contributed by atoms with E-state index >= 15 is 0 Å². The van der Waals surface area contributed by atoms with Gasteiger partial charge in [-0.1, -0.05) is 46.3 Å². The molecule has 0 fully saturated rings. The Kier molecular flexibility index (Phi) is 4.24. The van der Waals surface area contributed by atoms with E-state index in [1.807, 2.05) is 18.2 Å². The average molecular weight is 393 g/mol. The summed E-state index contributed by atoms with van der Waals surface area (Å²) >= 11 is 3.50. The molecule has 0 atom stereocenters. The van der Waals surface area contributed by atoms with Crippen molar-refractivity contribution < 1.29 is 0 Å². The van der Waals surface area contributed by atoms with Crippen molar-refractivity contribution in [3.05, 3.63) is 71.6 Å². The molecule has 0 bridgehead atoms. The highest BCUT2D eigenvalue weighted by atomic mass is 79.9. The second-order valence-corrected chi connectivity index (χ2v) is 6.62. The van der Waals surface area contributed by atoms with Crippen LogP contribution < -0.4 is 5.32 Å². The van der Waals surface area contributed by atoms with E-state index in [2.05, 4.69) is 85.3 Å². The Balaban J connectivity index is 2.02. The second kappa shape index (κ2) is 6.69. The molecule has 0 unspecified atom stereocenters. The molecule has 2 heterocycles. The highest BCUT2D eigenvalue weighted by molar-refractivity contribution is 9.10. The van der Waals surface area contributed by atoms with Gasteiger partial charge in [0.15, 0.2) is 5.65 Å². The Labute approximate surface area is 154 Å². The summed E-state index contributed by atoms with van der Waals surface area (Å²) in [5.41, 5.74) is 4.23. The van der Waals surface area contributed by atoms with Gasteiger partial charge in [0, 0.05) is 28.5 Å². The molecule has 1 N–H and O–H groups in total. The quantitative estimate of drug-likeness (QED) is 0.513. The zero-order valence-corrected chi connectivity index (χ0v) is 15.4. The number of fused-ring (bicyclic) bond motifs is 1. The maximum atomic E-state index is 4.57. The fraction of sp³-hybridized carbons (Fsp3) is 0.100. The van der Waals surface area contributed by atoms with Crippen LogP contribution in [-0.4, -0.2) is 21.1 Å². The van der Waals surface area contributed by atoms with Gasteiger partial charge in [-0.3, -0.25) is 0 Å². The number of benzene rings is 2. The van der Waals surface area contributed by atoms with E-state index in [0.717, 1.165) is 44.7 Å². The molecular weight excluding hydrogens is 376 g/mol. The van der Waals surface area contributed by atoms with E-state index in [1.54, 1.807) is 6.33 Å². The summed E-state index contributed by atoms with van der Waals surface area (Å²) in [5, 5.41) is 4.40. The molecule has 0 saturated heterocycles. The number of aromatic nitrogens is 3. The lowest BCUT2D eigenvalue weighted by Crippen LogP contribution is -2.01. The molecule has 0 spiro atoms. The van der Waals surface area contributed by atoms with E-state index < -0.39 is 0 Å². The molecule has 25 heavy (non-hydrogen) atoms. The number of hydrogen-bond acceptors (Lipinski definition) is 3. The van der Waals surface area contributed by atoms with Crippen LogP contribution in [0.25, 0.3) is 27.8 Å². The Morgan fingerprint density at radius 3 is 2.48 bits per heavy atom. The van der Waals surface area contributed by atoms with Gasteiger partial charge in [-0.05, 0) is 36.8 Å². The molecule has 0 aliphatic heterocycles. The third-order valence-electron chi connectivity index (χ3n) is 4.12. The lowest BCUT2D eigenvalue weighted by atomic mass is 10.1. The monoisotopic (exact) mass is 392 g/mol. The molecule has 5 heteroatoms. The first-order valence-corrected chi connectivity index (χ1v) is 8.98. The van der Waals surface area contributed by atoms with Crippen LogP contribution in [0.1, 0.15) is 6.92 Å². The first kappa shape index (κ1) is 15.8. The van der Waals surface area contributed by atoms with Gasteiger partial charge in [0.05, 0.1) is 5.39 Å². The van der Waals surface area contributed by atoms with Gasteiger partial charge >= 0.3 is 0 Å². The average Bonchev–Trinajstić information content (AvgIpc) is 3.04. The van der Waals surface area contributed by atoms with E-state index in [4.69, 9.17) is 0 Å². The molecule has 0 aliphatic rings. The molecule has 0 aliphatic carbocycles. The van der Waals surface area contributed by atoms with Crippen molar-refractivity contribution >= 4 is 32.8 Å². The summed E-state index contributed by atoms with van der Waals surface area (Å²) < 4.78 is 3.17. The number of halogens is 1. The van der Waals surface area contributed by atoms with Gasteiger partial charge in [-0.25, -0.2) is 9.97 Å². The van der Waals surface area contributed by atoms with Crippen molar-refractivity contribution in [1.82, 2.24) is 14.5 Å². The first-order valence-electron chi connectivity index (χ1n) is 8.19. The van der Waals surface area contributed by atoms with Crippen molar-refractivity contribution in [2.45, 2.75) is 6.92 Å². The van der Waals surface area contributed by atoms with E-state index in [9.17, 15) is 0 Å². The van der Waals surface area contributed by atoms with Crippen molar-refractivity contribution in [3.8, 4) is 16.8 Å². The molecule has 0 radical (unpaired) electrons. The summed E-state index contributed by atoms with van der Waals surface area (Å²) in [4.78, 5) is 9.03. The van der Waals surface area contributed by atoms with Gasteiger partial charge < -0.3 is 9.88 Å². The molecule has 0 amide bonds. The fourth-order valence-electron chi connectivity index (χ4n) is 3.00. The zero-order chi connectivity index (χ0) is 17.2. The van der Waals surface area contributed by atoms with Crippen LogP contribution in [0.4, 0.5) is 5.82 Å². The molecule has 124 valence electrons. The number of nitrogens with one attached hydrogen (secondary N) is 1. The second-order valence-electron chi connectivity index (χ2n) is 5.71. The zero-order valence-electron chi connectivity index (χ0n) is 13.8. The summed E-state index contributed by atoms with van der Waals surface area (Å²) in [6.45, 7) is 2.88. The van der Waals surface area contributed by atoms with Crippen molar-refractivity contribution in [3.63, 3.8) is 0 Å². The Morgan fingerprint density at radius 1 is 1.00 bits per heavy atom. The summed E-state index contributed by atoms with van der Waals surface area (Å²) in [6, 6.07) is 18.6. The number of anilines is 1. The topological polar surface area (TPSA) is 42.7 Å². The number of nitrogens with zero attached hydrogens (tertiary/aromatic N) is 3. The third kappa shape index (κ3) is 2.91. The predicted molar refractivity (Wildman–Crippen MR) is 106 cm³/mol. The normalized spacial score (nSPS) is 11.0. The molecule has 2 aromatic heterocycles. The summed E-state index contributed by atoms with van der Waals surface area (Å²) in [7, 11) is 0. The first-order chi connectivity index (χ1) is 12.3. The maximum absolute atomic E-state index is 4.57. The molecule has 4 nitrogen and oxygen atoms in total. The lowest BCUT2D eigenvalue weighted by molar-refractivity contribution is 1.07. The highest BCUT2D eigenvalue weighted by Gasteiger charge is 2.16. The summed E-state index contributed by atoms with van der Waals surface area (Å²) in [5.74, 6) is 0.863. The summed E-state index contributed by atoms with van der Waals surface area (Å²) in [6.07, 6.45) is 3.75. The van der Waals surface area contributed by atoms with Gasteiger partial charge in [0.1, 0.15) is 12.1 Å². The van der Waals surface area contributed by atoms with Crippen LogP contribution in [0.15, 0.2) is 71.6 Å². The smallest absolute Gasteiger partial charge is 0.150 e. The fourth-order valence-corrected chi connectivity index (χ4v) is 3.26. The molecular formula is C20H17BrN4.